The number of rotatable bonds is 8. The number of nitrogens with zero attached hydrogens (tertiary/aromatic N) is 1. The predicted molar refractivity (Wildman–Crippen MR) is 110 cm³/mol. The van der Waals surface area contributed by atoms with E-state index in [9.17, 15) is 24.6 Å². The van der Waals surface area contributed by atoms with Gasteiger partial charge in [0.05, 0.1) is 11.7 Å². The quantitative estimate of drug-likeness (QED) is 0.608. The van der Waals surface area contributed by atoms with E-state index >= 15 is 0 Å². The number of carboxylic acids is 2. The molecule has 3 N–H and O–H groups in total. The normalized spacial score (nSPS) is 17.3. The van der Waals surface area contributed by atoms with Crippen molar-refractivity contribution in [2.24, 2.45) is 0 Å². The van der Waals surface area contributed by atoms with Gasteiger partial charge in [-0.05, 0) is 30.5 Å². The van der Waals surface area contributed by atoms with Crippen LogP contribution in [-0.2, 0) is 20.8 Å². The molecular weight excluding hydrogens is 392 g/mol. The third-order valence-electron chi connectivity index (χ3n) is 4.68. The van der Waals surface area contributed by atoms with Gasteiger partial charge in [-0.1, -0.05) is 42.5 Å². The molecule has 0 fully saturated rings. The van der Waals surface area contributed by atoms with Gasteiger partial charge in [-0.3, -0.25) is 24.6 Å². The Bertz CT molecular complexity index is 890. The highest BCUT2D eigenvalue weighted by Crippen LogP contribution is 2.34. The number of fused-ring (bicyclic) bond motifs is 1. The molecule has 0 bridgehead atoms. The molecule has 2 aromatic rings. The minimum atomic E-state index is -1.13. The van der Waals surface area contributed by atoms with E-state index in [1.54, 1.807) is 12.1 Å². The summed E-state index contributed by atoms with van der Waals surface area (Å²) in [7, 11) is 0. The smallest absolute Gasteiger partial charge is 0.323 e. The molecule has 8 heteroatoms. The fraction of sp³-hybridized carbons (Fsp3) is 0.286. The van der Waals surface area contributed by atoms with Crippen LogP contribution in [0.5, 0.6) is 0 Å². The average molecular weight is 414 g/mol. The van der Waals surface area contributed by atoms with Crippen LogP contribution in [0.4, 0.5) is 5.69 Å². The summed E-state index contributed by atoms with van der Waals surface area (Å²) in [5.74, 6) is -2.28. The molecule has 1 amide bonds. The zero-order valence-electron chi connectivity index (χ0n) is 15.7. The monoisotopic (exact) mass is 414 g/mol. The fourth-order valence-corrected chi connectivity index (χ4v) is 4.33. The molecule has 1 heterocycles. The first-order chi connectivity index (χ1) is 14.0. The predicted octanol–water partition coefficient (Wildman–Crippen LogP) is 2.25. The minimum absolute atomic E-state index is 0.319. The number of nitrogens with one attached hydrogen (secondary N) is 1. The molecule has 0 aliphatic carbocycles. The topological polar surface area (TPSA) is 107 Å². The van der Waals surface area contributed by atoms with E-state index in [4.69, 9.17) is 0 Å². The maximum atomic E-state index is 13.1. The van der Waals surface area contributed by atoms with Crippen molar-refractivity contribution in [2.75, 3.05) is 17.2 Å². The highest BCUT2D eigenvalue weighted by atomic mass is 32.2. The first-order valence-corrected chi connectivity index (χ1v) is 10.2. The van der Waals surface area contributed by atoms with Crippen LogP contribution in [0.3, 0.4) is 0 Å². The molecule has 7 nitrogen and oxygen atoms in total. The summed E-state index contributed by atoms with van der Waals surface area (Å²) in [5.41, 5.74) is 1.55. The Morgan fingerprint density at radius 1 is 1.10 bits per heavy atom. The first kappa shape index (κ1) is 20.9. The number of amides is 1. The zero-order valence-corrected chi connectivity index (χ0v) is 16.5. The molecule has 1 aliphatic heterocycles. The lowest BCUT2D eigenvalue weighted by atomic mass is 10.0. The molecule has 2 atom stereocenters. The number of thioether (sulfide) groups is 1. The van der Waals surface area contributed by atoms with Gasteiger partial charge in [-0.2, -0.15) is 0 Å². The summed E-state index contributed by atoms with van der Waals surface area (Å²) in [6, 6.07) is 14.9. The number of carboxylic acid groups (broad SMARTS) is 2. The summed E-state index contributed by atoms with van der Waals surface area (Å²) < 4.78 is 0. The van der Waals surface area contributed by atoms with E-state index in [1.807, 2.05) is 42.5 Å². The number of carbonyl (C=O) groups is 3. The number of hydrogen-bond donors (Lipinski definition) is 3. The van der Waals surface area contributed by atoms with Crippen LogP contribution >= 0.6 is 11.8 Å². The SMILES string of the molecule is O=C(O)CN1C(=O)[C@@H](N[C@@H](CCc2ccccc2)C(=O)O)CSc2ccccc21. The van der Waals surface area contributed by atoms with Crippen molar-refractivity contribution in [2.45, 2.75) is 29.8 Å². The molecule has 1 aliphatic rings. The Morgan fingerprint density at radius 3 is 2.48 bits per heavy atom. The van der Waals surface area contributed by atoms with Crippen LogP contribution in [0.25, 0.3) is 0 Å². The molecule has 0 unspecified atom stereocenters. The summed E-state index contributed by atoms with van der Waals surface area (Å²) in [6.07, 6.45) is 0.873. The second-order valence-corrected chi connectivity index (χ2v) is 7.79. The zero-order chi connectivity index (χ0) is 20.8. The van der Waals surface area contributed by atoms with Gasteiger partial charge in [-0.15, -0.1) is 11.8 Å². The minimum Gasteiger partial charge on any atom is -0.480 e. The largest absolute Gasteiger partial charge is 0.480 e. The van der Waals surface area contributed by atoms with E-state index in [0.717, 1.165) is 10.5 Å². The Hall–Kier alpha value is -2.84. The number of hydrogen-bond acceptors (Lipinski definition) is 5. The molecule has 0 spiro atoms. The second-order valence-electron chi connectivity index (χ2n) is 6.73. The van der Waals surface area contributed by atoms with E-state index in [2.05, 4.69) is 5.32 Å². The number of para-hydroxylation sites is 1. The number of carbonyl (C=O) groups excluding carboxylic acids is 1. The summed E-state index contributed by atoms with van der Waals surface area (Å²) in [4.78, 5) is 38.2. The Labute approximate surface area is 172 Å². The van der Waals surface area contributed by atoms with Crippen LogP contribution < -0.4 is 10.2 Å². The van der Waals surface area contributed by atoms with Crippen LogP contribution in [-0.4, -0.2) is 52.4 Å². The number of aliphatic carboxylic acids is 2. The lowest BCUT2D eigenvalue weighted by molar-refractivity contribution is -0.140. The Balaban J connectivity index is 1.77. The van der Waals surface area contributed by atoms with Crippen molar-refractivity contribution in [3.8, 4) is 0 Å². The van der Waals surface area contributed by atoms with E-state index in [1.165, 1.54) is 16.7 Å². The van der Waals surface area contributed by atoms with Crippen molar-refractivity contribution in [3.63, 3.8) is 0 Å². The molecule has 3 rings (SSSR count). The van der Waals surface area contributed by atoms with Gasteiger partial charge in [0.1, 0.15) is 12.6 Å². The summed E-state index contributed by atoms with van der Waals surface area (Å²) >= 11 is 1.41. The van der Waals surface area contributed by atoms with Crippen LogP contribution in [0, 0.1) is 0 Å². The Morgan fingerprint density at radius 2 is 1.79 bits per heavy atom. The standard InChI is InChI=1S/C21H22N2O5S/c24-19(25)12-23-17-8-4-5-9-18(17)29-13-16(20(23)26)22-15(21(27)28)11-10-14-6-2-1-3-7-14/h1-9,15-16,22H,10-13H2,(H,24,25)(H,27,28)/t15-,16-/m0/s1. The van der Waals surface area contributed by atoms with Crippen molar-refractivity contribution in [3.05, 3.63) is 60.2 Å². The molecule has 29 heavy (non-hydrogen) atoms. The number of aryl methyl sites for hydroxylation is 1. The van der Waals surface area contributed by atoms with Gasteiger partial charge in [0.2, 0.25) is 5.91 Å². The van der Waals surface area contributed by atoms with Gasteiger partial charge in [0.15, 0.2) is 0 Å². The maximum Gasteiger partial charge on any atom is 0.323 e. The third-order valence-corrected chi connectivity index (χ3v) is 5.84. The van der Waals surface area contributed by atoms with Gasteiger partial charge >= 0.3 is 11.9 Å². The molecule has 0 aromatic heterocycles. The van der Waals surface area contributed by atoms with Crippen LogP contribution in [0.15, 0.2) is 59.5 Å². The Kier molecular flexibility index (Phi) is 6.90. The van der Waals surface area contributed by atoms with Gasteiger partial charge in [0, 0.05) is 10.6 Å². The fourth-order valence-electron chi connectivity index (χ4n) is 3.25. The number of benzene rings is 2. The second kappa shape index (κ2) is 9.58. The van der Waals surface area contributed by atoms with Gasteiger partial charge < -0.3 is 10.2 Å². The highest BCUT2D eigenvalue weighted by molar-refractivity contribution is 7.99. The van der Waals surface area contributed by atoms with E-state index < -0.39 is 36.5 Å². The summed E-state index contributed by atoms with van der Waals surface area (Å²) in [6.45, 7) is -0.476. The average Bonchev–Trinajstić information content (AvgIpc) is 2.83. The molecule has 0 radical (unpaired) electrons. The molecular formula is C21H22N2O5S. The van der Waals surface area contributed by atoms with Crippen molar-refractivity contribution >= 4 is 35.3 Å². The van der Waals surface area contributed by atoms with Crippen molar-refractivity contribution in [1.29, 1.82) is 0 Å². The lowest BCUT2D eigenvalue weighted by Crippen LogP contribution is -2.53. The van der Waals surface area contributed by atoms with E-state index in [-0.39, 0.29) is 0 Å². The van der Waals surface area contributed by atoms with E-state index in [0.29, 0.717) is 24.3 Å². The molecule has 2 aromatic carbocycles. The van der Waals surface area contributed by atoms with Crippen molar-refractivity contribution in [1.82, 2.24) is 5.32 Å². The van der Waals surface area contributed by atoms with Crippen LogP contribution in [0.2, 0.25) is 0 Å². The lowest BCUT2D eigenvalue weighted by Gasteiger charge is -2.26. The summed E-state index contributed by atoms with van der Waals surface area (Å²) in [5, 5.41) is 21.8. The molecule has 0 saturated heterocycles. The molecule has 0 saturated carbocycles. The van der Waals surface area contributed by atoms with Crippen molar-refractivity contribution < 1.29 is 24.6 Å². The first-order valence-electron chi connectivity index (χ1n) is 9.23. The van der Waals surface area contributed by atoms with Crippen LogP contribution in [0.1, 0.15) is 12.0 Å². The number of anilines is 1. The molecule has 152 valence electrons. The third kappa shape index (κ3) is 5.36. The highest BCUT2D eigenvalue weighted by Gasteiger charge is 2.34. The maximum absolute atomic E-state index is 13.1. The van der Waals surface area contributed by atoms with Gasteiger partial charge in [-0.25, -0.2) is 0 Å². The van der Waals surface area contributed by atoms with Gasteiger partial charge in [0.25, 0.3) is 0 Å².